The number of fused-ring (bicyclic) bond motifs is 1. The average Bonchev–Trinajstić information content (AvgIpc) is 2.92. The van der Waals surface area contributed by atoms with Crippen LogP contribution in [-0.4, -0.2) is 5.60 Å². The number of hydrogen-bond donors (Lipinski definition) is 1. The van der Waals surface area contributed by atoms with Crippen molar-refractivity contribution in [2.24, 2.45) is 11.1 Å². The molecule has 2 fully saturated rings. The van der Waals surface area contributed by atoms with Gasteiger partial charge in [-0.2, -0.15) is 0 Å². The van der Waals surface area contributed by atoms with E-state index in [1.807, 2.05) is 0 Å². The van der Waals surface area contributed by atoms with Gasteiger partial charge in [-0.1, -0.05) is 31.0 Å². The second kappa shape index (κ2) is 4.49. The quantitative estimate of drug-likeness (QED) is 0.761. The summed E-state index contributed by atoms with van der Waals surface area (Å²) >= 11 is 0. The molecule has 1 unspecified atom stereocenters. The van der Waals surface area contributed by atoms with E-state index in [2.05, 4.69) is 24.3 Å². The number of benzene rings is 1. The average molecular weight is 271 g/mol. The molecule has 108 valence electrons. The van der Waals surface area contributed by atoms with Crippen LogP contribution in [0, 0.1) is 5.41 Å². The van der Waals surface area contributed by atoms with Gasteiger partial charge in [0, 0.05) is 18.0 Å². The third-order valence-electron chi connectivity index (χ3n) is 6.12. The molecule has 0 amide bonds. The normalized spacial score (nSPS) is 30.1. The van der Waals surface area contributed by atoms with Gasteiger partial charge in [-0.05, 0) is 50.0 Å². The second-order valence-electron chi connectivity index (χ2n) is 7.34. The molecule has 1 heterocycles. The zero-order valence-corrected chi connectivity index (χ0v) is 12.2. The van der Waals surface area contributed by atoms with Crippen molar-refractivity contribution in [3.05, 3.63) is 29.8 Å². The lowest BCUT2D eigenvalue weighted by Crippen LogP contribution is -2.47. The van der Waals surface area contributed by atoms with E-state index >= 15 is 0 Å². The van der Waals surface area contributed by atoms with E-state index in [-0.39, 0.29) is 11.6 Å². The van der Waals surface area contributed by atoms with Gasteiger partial charge in [0.05, 0.1) is 0 Å². The zero-order chi connectivity index (χ0) is 13.6. The lowest BCUT2D eigenvalue weighted by atomic mass is 9.65. The van der Waals surface area contributed by atoms with Gasteiger partial charge >= 0.3 is 0 Å². The van der Waals surface area contributed by atoms with E-state index in [1.165, 1.54) is 56.9 Å². The molecule has 2 N–H and O–H groups in total. The van der Waals surface area contributed by atoms with Crippen LogP contribution in [0.15, 0.2) is 24.3 Å². The lowest BCUT2D eigenvalue weighted by Gasteiger charge is -2.48. The summed E-state index contributed by atoms with van der Waals surface area (Å²) in [5.74, 6) is 1.04. The first-order chi connectivity index (χ1) is 9.71. The maximum Gasteiger partial charge on any atom is 0.124 e. The van der Waals surface area contributed by atoms with Crippen LogP contribution in [0.5, 0.6) is 5.75 Å². The summed E-state index contributed by atoms with van der Waals surface area (Å²) in [6.07, 6.45) is 11.9. The fourth-order valence-electron chi connectivity index (χ4n) is 4.83. The molecule has 2 saturated carbocycles. The molecule has 3 aliphatic rings. The van der Waals surface area contributed by atoms with Crippen molar-refractivity contribution in [2.45, 2.75) is 69.4 Å². The maximum atomic E-state index is 6.45. The van der Waals surface area contributed by atoms with Gasteiger partial charge in [0.1, 0.15) is 11.4 Å². The van der Waals surface area contributed by atoms with Crippen molar-refractivity contribution in [2.75, 3.05) is 0 Å². The largest absolute Gasteiger partial charge is 0.487 e. The number of ether oxygens (including phenoxy) is 1. The third-order valence-corrected chi connectivity index (χ3v) is 6.12. The van der Waals surface area contributed by atoms with Gasteiger partial charge in [-0.15, -0.1) is 0 Å². The van der Waals surface area contributed by atoms with E-state index in [1.54, 1.807) is 0 Å². The van der Waals surface area contributed by atoms with Crippen LogP contribution in [0.4, 0.5) is 0 Å². The zero-order valence-electron chi connectivity index (χ0n) is 12.2. The predicted octanol–water partition coefficient (Wildman–Crippen LogP) is 4.34. The van der Waals surface area contributed by atoms with Crippen molar-refractivity contribution in [1.29, 1.82) is 0 Å². The molecule has 2 heteroatoms. The highest BCUT2D eigenvalue weighted by atomic mass is 16.5. The Morgan fingerprint density at radius 2 is 1.65 bits per heavy atom. The molecule has 2 nitrogen and oxygen atoms in total. The maximum absolute atomic E-state index is 6.45. The molecule has 1 aromatic carbocycles. The summed E-state index contributed by atoms with van der Waals surface area (Å²) in [4.78, 5) is 0. The summed E-state index contributed by atoms with van der Waals surface area (Å²) in [6.45, 7) is 0. The Hall–Kier alpha value is -1.02. The summed E-state index contributed by atoms with van der Waals surface area (Å²) in [5, 5.41) is 0. The van der Waals surface area contributed by atoms with Crippen LogP contribution < -0.4 is 10.5 Å². The SMILES string of the molecule is NC1CC2(CCC3(CCCC3)CC2)Oc2ccccc21. The molecule has 0 radical (unpaired) electrons. The molecule has 1 aromatic rings. The molecule has 4 rings (SSSR count). The smallest absolute Gasteiger partial charge is 0.124 e. The molecule has 2 spiro atoms. The molecule has 1 atom stereocenters. The Bertz CT molecular complexity index is 494. The molecular formula is C18H25NO. The van der Waals surface area contributed by atoms with Crippen LogP contribution in [0.1, 0.15) is 69.4 Å². The fraction of sp³-hybridized carbons (Fsp3) is 0.667. The first kappa shape index (κ1) is 12.7. The molecular weight excluding hydrogens is 246 g/mol. The van der Waals surface area contributed by atoms with Crippen LogP contribution in [0.3, 0.4) is 0 Å². The number of para-hydroxylation sites is 1. The molecule has 1 aliphatic heterocycles. The Morgan fingerprint density at radius 1 is 0.950 bits per heavy atom. The molecule has 2 aliphatic carbocycles. The third kappa shape index (κ3) is 1.96. The van der Waals surface area contributed by atoms with Gasteiger partial charge in [0.15, 0.2) is 0 Å². The molecule has 20 heavy (non-hydrogen) atoms. The minimum Gasteiger partial charge on any atom is -0.487 e. The minimum absolute atomic E-state index is 0.0294. The Labute approximate surface area is 121 Å². The highest BCUT2D eigenvalue weighted by Gasteiger charge is 2.47. The lowest BCUT2D eigenvalue weighted by molar-refractivity contribution is -0.0327. The summed E-state index contributed by atoms with van der Waals surface area (Å²) in [5.41, 5.74) is 8.30. The van der Waals surface area contributed by atoms with Gasteiger partial charge in [-0.25, -0.2) is 0 Å². The van der Waals surface area contributed by atoms with E-state index in [0.717, 1.165) is 12.2 Å². The van der Waals surface area contributed by atoms with E-state index in [0.29, 0.717) is 5.41 Å². The molecule has 0 saturated heterocycles. The van der Waals surface area contributed by atoms with Crippen LogP contribution >= 0.6 is 0 Å². The van der Waals surface area contributed by atoms with E-state index in [9.17, 15) is 0 Å². The Balaban J connectivity index is 1.56. The predicted molar refractivity (Wildman–Crippen MR) is 80.7 cm³/mol. The fourth-order valence-corrected chi connectivity index (χ4v) is 4.83. The van der Waals surface area contributed by atoms with Gasteiger partial charge < -0.3 is 10.5 Å². The summed E-state index contributed by atoms with van der Waals surface area (Å²) in [6, 6.07) is 8.49. The number of nitrogens with two attached hydrogens (primary N) is 1. The highest BCUT2D eigenvalue weighted by molar-refractivity contribution is 5.38. The van der Waals surface area contributed by atoms with Crippen molar-refractivity contribution in [3.8, 4) is 5.75 Å². The van der Waals surface area contributed by atoms with Crippen LogP contribution in [0.2, 0.25) is 0 Å². The summed E-state index contributed by atoms with van der Waals surface area (Å²) in [7, 11) is 0. The highest BCUT2D eigenvalue weighted by Crippen LogP contribution is 2.55. The van der Waals surface area contributed by atoms with Crippen molar-refractivity contribution in [1.82, 2.24) is 0 Å². The van der Waals surface area contributed by atoms with Gasteiger partial charge in [0.25, 0.3) is 0 Å². The standard InChI is InChI=1S/C18H25NO/c19-15-13-18(20-16-6-2-1-5-14(15)16)11-9-17(10-12-18)7-3-4-8-17/h1-2,5-6,15H,3-4,7-13,19H2. The number of rotatable bonds is 0. The molecule has 0 bridgehead atoms. The molecule has 0 aromatic heterocycles. The monoisotopic (exact) mass is 271 g/mol. The number of hydrogen-bond acceptors (Lipinski definition) is 2. The minimum atomic E-state index is 0.0294. The van der Waals surface area contributed by atoms with Crippen molar-refractivity contribution >= 4 is 0 Å². The van der Waals surface area contributed by atoms with Gasteiger partial charge in [0.2, 0.25) is 0 Å². The Morgan fingerprint density at radius 3 is 2.40 bits per heavy atom. The first-order valence-electron chi connectivity index (χ1n) is 8.24. The van der Waals surface area contributed by atoms with Gasteiger partial charge in [-0.3, -0.25) is 0 Å². The van der Waals surface area contributed by atoms with Crippen molar-refractivity contribution < 1.29 is 4.74 Å². The topological polar surface area (TPSA) is 35.2 Å². The van der Waals surface area contributed by atoms with E-state index < -0.39 is 0 Å². The van der Waals surface area contributed by atoms with Crippen molar-refractivity contribution in [3.63, 3.8) is 0 Å². The summed E-state index contributed by atoms with van der Waals surface area (Å²) < 4.78 is 6.45. The Kier molecular flexibility index (Phi) is 2.85. The van der Waals surface area contributed by atoms with Crippen LogP contribution in [0.25, 0.3) is 0 Å². The second-order valence-corrected chi connectivity index (χ2v) is 7.34. The van der Waals surface area contributed by atoms with Crippen LogP contribution in [-0.2, 0) is 0 Å². The van der Waals surface area contributed by atoms with E-state index in [4.69, 9.17) is 10.5 Å². The first-order valence-corrected chi connectivity index (χ1v) is 8.24.